The highest BCUT2D eigenvalue weighted by Gasteiger charge is 2.41. The lowest BCUT2D eigenvalue weighted by Gasteiger charge is -2.41. The summed E-state index contributed by atoms with van der Waals surface area (Å²) in [6.45, 7) is 6.75. The summed E-state index contributed by atoms with van der Waals surface area (Å²) in [5, 5.41) is 43.5. The van der Waals surface area contributed by atoms with Crippen LogP contribution in [-0.4, -0.2) is 46.4 Å². The van der Waals surface area contributed by atoms with Crippen molar-refractivity contribution in [3.8, 4) is 39.9 Å². The Hall–Kier alpha value is -3.68. The molecule has 0 amide bonds. The van der Waals surface area contributed by atoms with Crippen molar-refractivity contribution in [2.75, 3.05) is 13.7 Å². The van der Waals surface area contributed by atoms with E-state index in [0.29, 0.717) is 41.4 Å². The zero-order valence-corrected chi connectivity index (χ0v) is 30.0. The second kappa shape index (κ2) is 14.5. The number of methoxy groups -OCH3 is 1. The van der Waals surface area contributed by atoms with Gasteiger partial charge in [-0.05, 0) is 133 Å². The first-order valence-corrected chi connectivity index (χ1v) is 18.9. The summed E-state index contributed by atoms with van der Waals surface area (Å²) in [5.74, 6) is 3.84. The maximum absolute atomic E-state index is 11.9. The van der Waals surface area contributed by atoms with Crippen LogP contribution in [0.5, 0.6) is 28.7 Å². The molecule has 7 nitrogen and oxygen atoms in total. The van der Waals surface area contributed by atoms with Crippen LogP contribution in [0.25, 0.3) is 11.1 Å². The first kappa shape index (κ1) is 34.8. The van der Waals surface area contributed by atoms with E-state index in [2.05, 4.69) is 39.0 Å². The Kier molecular flexibility index (Phi) is 10.1. The number of rotatable bonds is 10. The van der Waals surface area contributed by atoms with Gasteiger partial charge in [-0.2, -0.15) is 0 Å². The third-order valence-electron chi connectivity index (χ3n) is 11.8. The average Bonchev–Trinajstić information content (AvgIpc) is 3.62. The van der Waals surface area contributed by atoms with Gasteiger partial charge in [0.25, 0.3) is 0 Å². The minimum atomic E-state index is -0.818. The molecule has 1 aliphatic heterocycles. The number of ether oxygens (including phenoxy) is 3. The van der Waals surface area contributed by atoms with Crippen molar-refractivity contribution in [3.05, 3.63) is 76.4 Å². The van der Waals surface area contributed by atoms with Crippen LogP contribution in [0.1, 0.15) is 106 Å². The minimum Gasteiger partial charge on any atom is -0.508 e. The molecule has 3 aromatic carbocycles. The number of fused-ring (bicyclic) bond motifs is 5. The molecule has 1 heterocycles. The highest BCUT2D eigenvalue weighted by Crippen LogP contribution is 2.56. The van der Waals surface area contributed by atoms with Crippen LogP contribution in [-0.2, 0) is 19.3 Å². The van der Waals surface area contributed by atoms with E-state index in [1.807, 2.05) is 24.3 Å². The molecular weight excluding hydrogens is 628 g/mol. The number of hydrogen-bond donors (Lipinski definition) is 4. The molecule has 50 heavy (non-hydrogen) atoms. The van der Waals surface area contributed by atoms with Gasteiger partial charge in [0.2, 0.25) is 0 Å². The van der Waals surface area contributed by atoms with Gasteiger partial charge in [-0.15, -0.1) is 0 Å². The highest BCUT2D eigenvalue weighted by molar-refractivity contribution is 5.83. The maximum atomic E-state index is 11.9. The van der Waals surface area contributed by atoms with Gasteiger partial charge >= 0.3 is 0 Å². The van der Waals surface area contributed by atoms with Crippen LogP contribution in [0.2, 0.25) is 0 Å². The number of allylic oxidation sites excluding steroid dienone is 2. The van der Waals surface area contributed by atoms with Gasteiger partial charge in [0.1, 0.15) is 23.4 Å². The predicted molar refractivity (Wildman–Crippen MR) is 195 cm³/mol. The third kappa shape index (κ3) is 6.59. The van der Waals surface area contributed by atoms with Crippen LogP contribution in [0.15, 0.2) is 48.6 Å². The summed E-state index contributed by atoms with van der Waals surface area (Å²) in [6.07, 6.45) is 12.3. The molecule has 1 fully saturated rings. The smallest absolute Gasteiger partial charge is 0.161 e. The highest BCUT2D eigenvalue weighted by atomic mass is 16.5. The summed E-state index contributed by atoms with van der Waals surface area (Å²) in [6, 6.07) is 11.4. The Morgan fingerprint density at radius 3 is 2.48 bits per heavy atom. The van der Waals surface area contributed by atoms with Gasteiger partial charge in [0.15, 0.2) is 11.5 Å². The molecule has 0 aromatic heterocycles. The molecule has 3 aliphatic carbocycles. The number of aliphatic hydroxyl groups excluding tert-OH is 2. The number of aliphatic hydroxyl groups is 2. The molecule has 0 spiro atoms. The van der Waals surface area contributed by atoms with Crippen molar-refractivity contribution in [1.82, 2.24) is 0 Å². The number of phenolic OH excluding ortho intramolecular Hbond substituents is 2. The van der Waals surface area contributed by atoms with Crippen molar-refractivity contribution in [2.45, 2.75) is 109 Å². The Morgan fingerprint density at radius 2 is 1.76 bits per heavy atom. The summed E-state index contributed by atoms with van der Waals surface area (Å²) in [7, 11) is 1.70. The molecule has 3 aromatic rings. The lowest BCUT2D eigenvalue weighted by molar-refractivity contribution is 0.0199. The fourth-order valence-corrected chi connectivity index (χ4v) is 9.35. The van der Waals surface area contributed by atoms with Crippen molar-refractivity contribution >= 4 is 0 Å². The molecule has 0 unspecified atom stereocenters. The van der Waals surface area contributed by atoms with E-state index in [9.17, 15) is 20.4 Å². The SMILES string of the molecule is CC[C@@H]1C[C@H]([C@H]2Cc3cc(O)c(CC(C)C)cc3-c3c(OC)cc4c(c32)C[C@@H](O)[C@H](c2ccc(O)c(OC3CCCC3)c2)O4)C=C[C@H]1CCO. The van der Waals surface area contributed by atoms with E-state index >= 15 is 0 Å². The lowest BCUT2D eigenvalue weighted by Crippen LogP contribution is -2.33. The molecule has 7 heteroatoms. The van der Waals surface area contributed by atoms with E-state index in [1.54, 1.807) is 13.2 Å². The zero-order chi connectivity index (χ0) is 35.1. The van der Waals surface area contributed by atoms with Gasteiger partial charge in [-0.1, -0.05) is 45.4 Å². The normalized spacial score (nSPS) is 25.9. The molecule has 6 atom stereocenters. The van der Waals surface area contributed by atoms with Crippen LogP contribution < -0.4 is 14.2 Å². The molecule has 0 radical (unpaired) electrons. The Morgan fingerprint density at radius 1 is 0.960 bits per heavy atom. The van der Waals surface area contributed by atoms with Gasteiger partial charge in [0, 0.05) is 30.2 Å². The van der Waals surface area contributed by atoms with Crippen LogP contribution in [0.4, 0.5) is 0 Å². The number of hydrogen-bond acceptors (Lipinski definition) is 7. The summed E-state index contributed by atoms with van der Waals surface area (Å²) < 4.78 is 19.2. The second-order valence-corrected chi connectivity index (χ2v) is 15.6. The molecule has 4 N–H and O–H groups in total. The predicted octanol–water partition coefficient (Wildman–Crippen LogP) is 8.57. The van der Waals surface area contributed by atoms with E-state index in [1.165, 1.54) is 5.56 Å². The lowest BCUT2D eigenvalue weighted by atomic mass is 9.65. The van der Waals surface area contributed by atoms with E-state index in [0.717, 1.165) is 96.9 Å². The van der Waals surface area contributed by atoms with Gasteiger partial charge in [-0.25, -0.2) is 0 Å². The molecule has 0 bridgehead atoms. The molecular formula is C43H54O7. The zero-order valence-electron chi connectivity index (χ0n) is 30.0. The Balaban J connectivity index is 1.33. The molecule has 0 saturated heterocycles. The van der Waals surface area contributed by atoms with E-state index in [-0.39, 0.29) is 30.3 Å². The minimum absolute atomic E-state index is 0.0875. The van der Waals surface area contributed by atoms with E-state index < -0.39 is 12.2 Å². The van der Waals surface area contributed by atoms with Crippen LogP contribution >= 0.6 is 0 Å². The topological polar surface area (TPSA) is 109 Å². The van der Waals surface area contributed by atoms with Crippen molar-refractivity contribution < 1.29 is 34.6 Å². The largest absolute Gasteiger partial charge is 0.508 e. The van der Waals surface area contributed by atoms with Crippen LogP contribution in [0.3, 0.4) is 0 Å². The Bertz CT molecular complexity index is 1720. The maximum Gasteiger partial charge on any atom is 0.161 e. The summed E-state index contributed by atoms with van der Waals surface area (Å²) in [5.41, 5.74) is 7.10. The fraction of sp³-hybridized carbons (Fsp3) is 0.535. The number of aromatic hydroxyl groups is 2. The number of phenols is 2. The standard InChI is InChI=1S/C43H54O7/c1-5-25-17-27(11-10-26(25)14-15-44)32-18-29-20-36(46)30(16-24(2)3)19-33(29)42-40(48-4)23-38-34(41(32)42)22-37(47)43(50-38)28-12-13-35(45)39(21-28)49-31-8-6-7-9-31/h10-13,19-21,23-27,31-32,37,43-47H,5-9,14-18,22H2,1-4H3/t25-,26+,27-,32-,37-,43+/m1/s1. The first-order chi connectivity index (χ1) is 24.2. The van der Waals surface area contributed by atoms with Gasteiger partial charge in [-0.3, -0.25) is 0 Å². The quantitative estimate of drug-likeness (QED) is 0.159. The Labute approximate surface area is 296 Å². The van der Waals surface area contributed by atoms with Gasteiger partial charge < -0.3 is 34.6 Å². The van der Waals surface area contributed by atoms with Crippen molar-refractivity contribution in [3.63, 3.8) is 0 Å². The van der Waals surface area contributed by atoms with Gasteiger partial charge in [0.05, 0.1) is 19.3 Å². The summed E-state index contributed by atoms with van der Waals surface area (Å²) >= 11 is 0. The first-order valence-electron chi connectivity index (χ1n) is 18.9. The third-order valence-corrected chi connectivity index (χ3v) is 11.8. The summed E-state index contributed by atoms with van der Waals surface area (Å²) in [4.78, 5) is 0. The average molecular weight is 683 g/mol. The van der Waals surface area contributed by atoms with E-state index in [4.69, 9.17) is 14.2 Å². The molecule has 1 saturated carbocycles. The fourth-order valence-electron chi connectivity index (χ4n) is 9.35. The second-order valence-electron chi connectivity index (χ2n) is 15.6. The molecule has 7 rings (SSSR count). The van der Waals surface area contributed by atoms with Crippen molar-refractivity contribution in [2.24, 2.45) is 23.7 Å². The molecule has 4 aliphatic rings. The monoisotopic (exact) mass is 682 g/mol. The van der Waals surface area contributed by atoms with Crippen LogP contribution in [0, 0.1) is 23.7 Å². The molecule has 268 valence electrons. The van der Waals surface area contributed by atoms with Crippen molar-refractivity contribution in [1.29, 1.82) is 0 Å². The number of benzene rings is 3.